The number of hydrogen-bond donors (Lipinski definition) is 0. The van der Waals surface area contributed by atoms with Crippen LogP contribution in [0, 0.1) is 11.8 Å². The Morgan fingerprint density at radius 3 is 2.42 bits per heavy atom. The van der Waals surface area contributed by atoms with Crippen LogP contribution in [-0.4, -0.2) is 48.1 Å². The summed E-state index contributed by atoms with van der Waals surface area (Å²) in [5.41, 5.74) is 1.27. The number of fused-ring (bicyclic) bond motifs is 1. The lowest BCUT2D eigenvalue weighted by molar-refractivity contribution is 0.386. The van der Waals surface area contributed by atoms with Crippen molar-refractivity contribution in [2.24, 2.45) is 11.8 Å². The zero-order valence-electron chi connectivity index (χ0n) is 11.6. The van der Waals surface area contributed by atoms with Crippen molar-refractivity contribution in [3.8, 4) is 0 Å². The van der Waals surface area contributed by atoms with Gasteiger partial charge in [-0.25, -0.2) is 9.97 Å². The van der Waals surface area contributed by atoms with Gasteiger partial charge in [0.05, 0.1) is 0 Å². The Morgan fingerprint density at radius 2 is 1.79 bits per heavy atom. The summed E-state index contributed by atoms with van der Waals surface area (Å²) < 4.78 is 0. The van der Waals surface area contributed by atoms with Crippen LogP contribution in [-0.2, 0) is 0 Å². The molecule has 102 valence electrons. The third-order valence-corrected chi connectivity index (χ3v) is 5.19. The van der Waals surface area contributed by atoms with Gasteiger partial charge in [-0.15, -0.1) is 0 Å². The minimum Gasteiger partial charge on any atom is -0.356 e. The zero-order chi connectivity index (χ0) is 12.8. The molecule has 1 aliphatic carbocycles. The van der Waals surface area contributed by atoms with Crippen molar-refractivity contribution in [3.63, 3.8) is 0 Å². The number of aromatic nitrogens is 2. The topological polar surface area (TPSA) is 32.3 Å². The molecule has 3 aliphatic rings. The van der Waals surface area contributed by atoms with Gasteiger partial charge < -0.3 is 9.80 Å². The highest BCUT2D eigenvalue weighted by Crippen LogP contribution is 2.37. The molecule has 0 spiro atoms. The third-order valence-electron chi connectivity index (χ3n) is 5.19. The van der Waals surface area contributed by atoms with Crippen molar-refractivity contribution >= 4 is 5.82 Å². The Hall–Kier alpha value is -1.16. The van der Waals surface area contributed by atoms with Gasteiger partial charge in [-0.05, 0) is 31.7 Å². The minimum atomic E-state index is 0.704. The molecule has 19 heavy (non-hydrogen) atoms. The van der Waals surface area contributed by atoms with E-state index in [1.54, 1.807) is 6.33 Å². The molecule has 2 saturated heterocycles. The molecule has 3 fully saturated rings. The smallest absolute Gasteiger partial charge is 0.132 e. The maximum atomic E-state index is 4.51. The van der Waals surface area contributed by atoms with E-state index >= 15 is 0 Å². The monoisotopic (exact) mass is 258 g/mol. The predicted molar refractivity (Wildman–Crippen MR) is 75.3 cm³/mol. The fourth-order valence-electron chi connectivity index (χ4n) is 3.88. The molecule has 0 aromatic carbocycles. The maximum absolute atomic E-state index is 4.51. The molecule has 3 heterocycles. The average Bonchev–Trinajstić information content (AvgIpc) is 2.84. The lowest BCUT2D eigenvalue weighted by atomic mass is 9.83. The number of anilines is 1. The number of rotatable bonds is 2. The second-order valence-electron chi connectivity index (χ2n) is 6.58. The summed E-state index contributed by atoms with van der Waals surface area (Å²) >= 11 is 0. The molecule has 1 aromatic rings. The highest BCUT2D eigenvalue weighted by Gasteiger charge is 2.39. The van der Waals surface area contributed by atoms with Gasteiger partial charge in [0, 0.05) is 43.9 Å². The summed E-state index contributed by atoms with van der Waals surface area (Å²) in [5.74, 6) is 3.54. The second-order valence-corrected chi connectivity index (χ2v) is 6.58. The number of likely N-dealkylation sites (tertiary alicyclic amines) is 1. The van der Waals surface area contributed by atoms with E-state index in [1.165, 1.54) is 51.1 Å². The first-order valence-corrected chi connectivity index (χ1v) is 7.55. The first-order chi connectivity index (χ1) is 9.29. The van der Waals surface area contributed by atoms with Crippen molar-refractivity contribution in [1.82, 2.24) is 14.9 Å². The molecule has 2 aliphatic heterocycles. The molecular formula is C15H22N4. The molecule has 0 radical (unpaired) electrons. The third kappa shape index (κ3) is 2.02. The van der Waals surface area contributed by atoms with Crippen molar-refractivity contribution < 1.29 is 0 Å². The Bertz CT molecular complexity index is 457. The first-order valence-electron chi connectivity index (χ1n) is 7.55. The normalized spacial score (nSPS) is 31.5. The molecule has 4 nitrogen and oxygen atoms in total. The van der Waals surface area contributed by atoms with E-state index < -0.39 is 0 Å². The highest BCUT2D eigenvalue weighted by molar-refractivity contribution is 5.42. The van der Waals surface area contributed by atoms with Crippen LogP contribution in [0.3, 0.4) is 0 Å². The van der Waals surface area contributed by atoms with Gasteiger partial charge in [0.25, 0.3) is 0 Å². The first kappa shape index (κ1) is 11.6. The lowest BCUT2D eigenvalue weighted by Crippen LogP contribution is -2.27. The minimum absolute atomic E-state index is 0.704. The van der Waals surface area contributed by atoms with Crippen LogP contribution in [0.15, 0.2) is 12.4 Å². The zero-order valence-corrected chi connectivity index (χ0v) is 11.6. The second kappa shape index (κ2) is 4.44. The van der Waals surface area contributed by atoms with Gasteiger partial charge in [0.1, 0.15) is 12.1 Å². The summed E-state index contributed by atoms with van der Waals surface area (Å²) in [6.07, 6.45) is 5.76. The maximum Gasteiger partial charge on any atom is 0.132 e. The van der Waals surface area contributed by atoms with Gasteiger partial charge in [0.2, 0.25) is 0 Å². The van der Waals surface area contributed by atoms with E-state index in [2.05, 4.69) is 32.9 Å². The lowest BCUT2D eigenvalue weighted by Gasteiger charge is -2.26. The van der Waals surface area contributed by atoms with Crippen LogP contribution < -0.4 is 4.90 Å². The SMILES string of the molecule is CN1CC2CN(c3cc(C4CCC4)ncn3)CC2C1. The summed E-state index contributed by atoms with van der Waals surface area (Å²) in [5, 5.41) is 0. The Morgan fingerprint density at radius 1 is 1.05 bits per heavy atom. The van der Waals surface area contributed by atoms with Crippen LogP contribution in [0.25, 0.3) is 0 Å². The molecule has 4 heteroatoms. The Labute approximate surface area is 114 Å². The molecule has 0 bridgehead atoms. The fourth-order valence-corrected chi connectivity index (χ4v) is 3.88. The van der Waals surface area contributed by atoms with E-state index in [9.17, 15) is 0 Å². The van der Waals surface area contributed by atoms with Gasteiger partial charge in [-0.2, -0.15) is 0 Å². The van der Waals surface area contributed by atoms with Crippen LogP contribution in [0.4, 0.5) is 5.82 Å². The summed E-state index contributed by atoms with van der Waals surface area (Å²) in [6, 6.07) is 2.24. The van der Waals surface area contributed by atoms with Crippen LogP contribution >= 0.6 is 0 Å². The molecule has 0 N–H and O–H groups in total. The standard InChI is InChI=1S/C15H22N4/c1-18-6-12-8-19(9-13(12)7-18)15-5-14(16-10-17-15)11-3-2-4-11/h5,10-13H,2-4,6-9H2,1H3. The van der Waals surface area contributed by atoms with Crippen LogP contribution in [0.1, 0.15) is 30.9 Å². The van der Waals surface area contributed by atoms with Gasteiger partial charge >= 0.3 is 0 Å². The van der Waals surface area contributed by atoms with Crippen molar-refractivity contribution in [2.75, 3.05) is 38.1 Å². The molecule has 4 rings (SSSR count). The van der Waals surface area contributed by atoms with E-state index in [4.69, 9.17) is 0 Å². The molecule has 1 aromatic heterocycles. The van der Waals surface area contributed by atoms with Crippen molar-refractivity contribution in [1.29, 1.82) is 0 Å². The molecule has 1 saturated carbocycles. The number of nitrogens with zero attached hydrogens (tertiary/aromatic N) is 4. The van der Waals surface area contributed by atoms with E-state index in [-0.39, 0.29) is 0 Å². The van der Waals surface area contributed by atoms with Crippen molar-refractivity contribution in [2.45, 2.75) is 25.2 Å². The van der Waals surface area contributed by atoms with Crippen molar-refractivity contribution in [3.05, 3.63) is 18.1 Å². The Kier molecular flexibility index (Phi) is 2.72. The van der Waals surface area contributed by atoms with Gasteiger partial charge in [0.15, 0.2) is 0 Å². The average molecular weight is 258 g/mol. The highest BCUT2D eigenvalue weighted by atomic mass is 15.3. The van der Waals surface area contributed by atoms with Crippen LogP contribution in [0.2, 0.25) is 0 Å². The van der Waals surface area contributed by atoms with E-state index in [0.29, 0.717) is 5.92 Å². The van der Waals surface area contributed by atoms with E-state index in [1.807, 2.05) is 0 Å². The molecule has 2 unspecified atom stereocenters. The van der Waals surface area contributed by atoms with Gasteiger partial charge in [-0.1, -0.05) is 6.42 Å². The number of hydrogen-bond acceptors (Lipinski definition) is 4. The Balaban J connectivity index is 1.51. The quantitative estimate of drug-likeness (QED) is 0.809. The van der Waals surface area contributed by atoms with E-state index in [0.717, 1.165) is 17.7 Å². The largest absolute Gasteiger partial charge is 0.356 e. The molecule has 0 amide bonds. The summed E-state index contributed by atoms with van der Waals surface area (Å²) in [4.78, 5) is 13.9. The molecule has 2 atom stereocenters. The predicted octanol–water partition coefficient (Wildman–Crippen LogP) is 1.74. The summed E-state index contributed by atoms with van der Waals surface area (Å²) in [6.45, 7) is 4.86. The summed E-state index contributed by atoms with van der Waals surface area (Å²) in [7, 11) is 2.24. The molecular weight excluding hydrogens is 236 g/mol. The fraction of sp³-hybridized carbons (Fsp3) is 0.733. The van der Waals surface area contributed by atoms with Crippen LogP contribution in [0.5, 0.6) is 0 Å². The van der Waals surface area contributed by atoms with Gasteiger partial charge in [-0.3, -0.25) is 0 Å².